The minimum absolute atomic E-state index is 0.0992. The van der Waals surface area contributed by atoms with Crippen molar-refractivity contribution in [1.29, 1.82) is 0 Å². The molecular formula is C14H26O6S2. The minimum Gasteiger partial charge on any atom is -0.481 e. The van der Waals surface area contributed by atoms with E-state index in [-0.39, 0.29) is 23.3 Å². The van der Waals surface area contributed by atoms with Crippen molar-refractivity contribution in [3.63, 3.8) is 0 Å². The van der Waals surface area contributed by atoms with Crippen LogP contribution in [0.5, 0.6) is 0 Å². The maximum absolute atomic E-state index is 10.5. The summed E-state index contributed by atoms with van der Waals surface area (Å²) in [6, 6.07) is 0. The Bertz CT molecular complexity index is 284. The van der Waals surface area contributed by atoms with E-state index in [0.717, 1.165) is 11.5 Å². The molecule has 0 saturated heterocycles. The lowest BCUT2D eigenvalue weighted by molar-refractivity contribution is -0.137. The van der Waals surface area contributed by atoms with E-state index in [2.05, 4.69) is 0 Å². The first-order valence-electron chi connectivity index (χ1n) is 7.24. The van der Waals surface area contributed by atoms with Gasteiger partial charge in [-0.2, -0.15) is 23.5 Å². The summed E-state index contributed by atoms with van der Waals surface area (Å²) in [6.07, 6.45) is 0.345. The minimum atomic E-state index is -0.773. The highest BCUT2D eigenvalue weighted by Crippen LogP contribution is 2.14. The van der Waals surface area contributed by atoms with Gasteiger partial charge in [0.05, 0.1) is 39.3 Å². The number of carboxylic acids is 2. The van der Waals surface area contributed by atoms with Crippen LogP contribution in [0.4, 0.5) is 0 Å². The van der Waals surface area contributed by atoms with Gasteiger partial charge in [-0.05, 0) is 0 Å². The predicted molar refractivity (Wildman–Crippen MR) is 90.0 cm³/mol. The topological polar surface area (TPSA) is 93.1 Å². The number of thioether (sulfide) groups is 2. The van der Waals surface area contributed by atoms with E-state index in [9.17, 15) is 9.59 Å². The van der Waals surface area contributed by atoms with Gasteiger partial charge in [0.15, 0.2) is 0 Å². The Hall–Kier alpha value is -0.440. The number of hydrogen-bond donors (Lipinski definition) is 2. The van der Waals surface area contributed by atoms with Crippen LogP contribution in [-0.4, -0.2) is 70.6 Å². The lowest BCUT2D eigenvalue weighted by Gasteiger charge is -2.10. The third-order valence-electron chi connectivity index (χ3n) is 2.56. The molecule has 0 rings (SSSR count). The zero-order valence-electron chi connectivity index (χ0n) is 13.2. The molecule has 6 nitrogen and oxygen atoms in total. The third kappa shape index (κ3) is 15.9. The number of ether oxygens (including phenoxy) is 2. The average Bonchev–Trinajstić information content (AvgIpc) is 2.39. The SMILES string of the molecule is CC(CC(=O)O)SCCOCCOCCSC(C)CC(=O)O. The van der Waals surface area contributed by atoms with E-state index in [1.54, 1.807) is 23.5 Å². The molecule has 2 N–H and O–H groups in total. The molecule has 130 valence electrons. The molecule has 0 aromatic rings. The van der Waals surface area contributed by atoms with Gasteiger partial charge in [-0.3, -0.25) is 9.59 Å². The molecule has 2 unspecified atom stereocenters. The van der Waals surface area contributed by atoms with Crippen LogP contribution in [0, 0.1) is 0 Å². The van der Waals surface area contributed by atoms with E-state index in [1.165, 1.54) is 0 Å². The maximum Gasteiger partial charge on any atom is 0.304 e. The number of hydrogen-bond acceptors (Lipinski definition) is 6. The molecule has 22 heavy (non-hydrogen) atoms. The van der Waals surface area contributed by atoms with Crippen molar-refractivity contribution in [3.8, 4) is 0 Å². The van der Waals surface area contributed by atoms with Gasteiger partial charge in [-0.1, -0.05) is 13.8 Å². The van der Waals surface area contributed by atoms with E-state index in [4.69, 9.17) is 19.7 Å². The van der Waals surface area contributed by atoms with Crippen LogP contribution in [-0.2, 0) is 19.1 Å². The first-order valence-corrected chi connectivity index (χ1v) is 9.33. The van der Waals surface area contributed by atoms with Crippen LogP contribution < -0.4 is 0 Å². The molecule has 0 radical (unpaired) electrons. The van der Waals surface area contributed by atoms with Crippen molar-refractivity contribution < 1.29 is 29.3 Å². The second-order valence-corrected chi connectivity index (χ2v) is 7.88. The number of rotatable bonds is 15. The van der Waals surface area contributed by atoms with Crippen LogP contribution in [0.3, 0.4) is 0 Å². The largest absolute Gasteiger partial charge is 0.481 e. The molecule has 0 spiro atoms. The number of aliphatic carboxylic acids is 2. The van der Waals surface area contributed by atoms with E-state index in [1.807, 2.05) is 13.8 Å². The van der Waals surface area contributed by atoms with Crippen LogP contribution in [0.2, 0.25) is 0 Å². The summed E-state index contributed by atoms with van der Waals surface area (Å²) in [6.45, 7) is 5.99. The molecule has 0 aliphatic carbocycles. The summed E-state index contributed by atoms with van der Waals surface area (Å²) in [5, 5.41) is 17.4. The first kappa shape index (κ1) is 21.6. The fourth-order valence-corrected chi connectivity index (χ4v) is 3.30. The first-order chi connectivity index (χ1) is 10.4. The summed E-state index contributed by atoms with van der Waals surface area (Å²) >= 11 is 3.17. The Morgan fingerprint density at radius 1 is 0.818 bits per heavy atom. The molecule has 0 bridgehead atoms. The molecule has 0 fully saturated rings. The molecule has 0 saturated carbocycles. The second kappa shape index (κ2) is 14.2. The van der Waals surface area contributed by atoms with Crippen LogP contribution in [0.1, 0.15) is 26.7 Å². The number of carbonyl (C=O) groups is 2. The lowest BCUT2D eigenvalue weighted by Crippen LogP contribution is -2.12. The smallest absolute Gasteiger partial charge is 0.304 e. The average molecular weight is 354 g/mol. The molecule has 8 heteroatoms. The van der Waals surface area contributed by atoms with E-state index < -0.39 is 11.9 Å². The molecule has 2 atom stereocenters. The monoisotopic (exact) mass is 354 g/mol. The van der Waals surface area contributed by atoms with Crippen molar-refractivity contribution in [2.24, 2.45) is 0 Å². The predicted octanol–water partition coefficient (Wildman–Crippen LogP) is 2.21. The fourth-order valence-electron chi connectivity index (χ4n) is 1.55. The molecular weight excluding hydrogens is 328 g/mol. The summed E-state index contributed by atoms with van der Waals surface area (Å²) in [7, 11) is 0. The highest BCUT2D eigenvalue weighted by atomic mass is 32.2. The van der Waals surface area contributed by atoms with Crippen LogP contribution in [0.25, 0.3) is 0 Å². The Morgan fingerprint density at radius 3 is 1.50 bits per heavy atom. The van der Waals surface area contributed by atoms with Crippen molar-refractivity contribution >= 4 is 35.5 Å². The molecule has 0 heterocycles. The quantitative estimate of drug-likeness (QED) is 0.432. The van der Waals surface area contributed by atoms with Crippen LogP contribution in [0.15, 0.2) is 0 Å². The fraction of sp³-hybridized carbons (Fsp3) is 0.857. The van der Waals surface area contributed by atoms with E-state index >= 15 is 0 Å². The van der Waals surface area contributed by atoms with Gasteiger partial charge in [0.2, 0.25) is 0 Å². The Labute approximate surface area is 140 Å². The van der Waals surface area contributed by atoms with Gasteiger partial charge < -0.3 is 19.7 Å². The number of carboxylic acid groups (broad SMARTS) is 2. The molecule has 0 amide bonds. The van der Waals surface area contributed by atoms with Crippen molar-refractivity contribution in [3.05, 3.63) is 0 Å². The van der Waals surface area contributed by atoms with Gasteiger partial charge in [0.25, 0.3) is 0 Å². The molecule has 0 aromatic heterocycles. The highest BCUT2D eigenvalue weighted by Gasteiger charge is 2.08. The highest BCUT2D eigenvalue weighted by molar-refractivity contribution is 8.00. The van der Waals surface area contributed by atoms with Crippen molar-refractivity contribution in [1.82, 2.24) is 0 Å². The molecule has 0 aliphatic rings. The summed E-state index contributed by atoms with van der Waals surface area (Å²) < 4.78 is 10.8. The standard InChI is InChI=1S/C14H26O6S2/c1-11(9-13(15)16)21-7-5-19-3-4-20-6-8-22-12(2)10-14(17)18/h11-12H,3-10H2,1-2H3,(H,15,16)(H,17,18). The Morgan fingerprint density at radius 2 is 1.18 bits per heavy atom. The van der Waals surface area contributed by atoms with Gasteiger partial charge in [-0.15, -0.1) is 0 Å². The zero-order chi connectivity index (χ0) is 16.8. The second-order valence-electron chi connectivity index (χ2n) is 4.78. The summed E-state index contributed by atoms with van der Waals surface area (Å²) in [4.78, 5) is 20.9. The van der Waals surface area contributed by atoms with Crippen molar-refractivity contribution in [2.45, 2.75) is 37.2 Å². The zero-order valence-corrected chi connectivity index (χ0v) is 14.8. The van der Waals surface area contributed by atoms with Gasteiger partial charge in [-0.25, -0.2) is 0 Å². The van der Waals surface area contributed by atoms with Crippen molar-refractivity contribution in [2.75, 3.05) is 37.9 Å². The maximum atomic E-state index is 10.5. The summed E-state index contributed by atoms with van der Waals surface area (Å²) in [5.74, 6) is 0.00305. The normalized spacial score (nSPS) is 13.7. The lowest BCUT2D eigenvalue weighted by atomic mass is 10.3. The molecule has 0 aliphatic heterocycles. The molecule has 0 aromatic carbocycles. The van der Waals surface area contributed by atoms with Crippen LogP contribution >= 0.6 is 23.5 Å². The Kier molecular flexibility index (Phi) is 13.9. The summed E-state index contributed by atoms with van der Waals surface area (Å²) in [5.41, 5.74) is 0. The third-order valence-corrected chi connectivity index (χ3v) is 4.83. The van der Waals surface area contributed by atoms with Gasteiger partial charge in [0.1, 0.15) is 0 Å². The van der Waals surface area contributed by atoms with E-state index in [0.29, 0.717) is 26.4 Å². The van der Waals surface area contributed by atoms with Gasteiger partial charge in [0, 0.05) is 22.0 Å². The Balaban J connectivity index is 3.24. The van der Waals surface area contributed by atoms with Gasteiger partial charge >= 0.3 is 11.9 Å².